The molecule has 2 fully saturated rings. The topological polar surface area (TPSA) is 43.8 Å². The molecule has 0 aliphatic carbocycles. The maximum Gasteiger partial charge on any atom is 0.236 e. The van der Waals surface area contributed by atoms with E-state index in [0.717, 1.165) is 25.9 Å². The van der Waals surface area contributed by atoms with Crippen molar-refractivity contribution < 1.29 is 14.3 Å². The number of hydrogen-bond acceptors (Lipinski definition) is 3. The number of benzene rings is 1. The van der Waals surface area contributed by atoms with Crippen molar-refractivity contribution in [2.24, 2.45) is 0 Å². The molecular formula is C19H27FN2O2. The fraction of sp³-hybridized carbons (Fsp3) is 0.632. The van der Waals surface area contributed by atoms with E-state index in [2.05, 4.69) is 4.90 Å². The first-order valence-electron chi connectivity index (χ1n) is 9.06. The minimum absolute atomic E-state index is 0.188. The third kappa shape index (κ3) is 3.95. The number of aliphatic hydroxyl groups is 1. The van der Waals surface area contributed by atoms with Gasteiger partial charge in [0, 0.05) is 31.7 Å². The first-order chi connectivity index (χ1) is 11.6. The molecule has 2 aliphatic rings. The second-order valence-corrected chi connectivity index (χ2v) is 7.08. The first kappa shape index (κ1) is 17.4. The average Bonchev–Trinajstić information content (AvgIpc) is 2.87. The largest absolute Gasteiger partial charge is 0.385 e. The van der Waals surface area contributed by atoms with E-state index in [1.807, 2.05) is 4.90 Å². The Balaban J connectivity index is 1.55. The van der Waals surface area contributed by atoms with Crippen molar-refractivity contribution in [3.63, 3.8) is 0 Å². The van der Waals surface area contributed by atoms with Gasteiger partial charge in [0.15, 0.2) is 0 Å². The quantitative estimate of drug-likeness (QED) is 0.924. The number of halogens is 1. The number of nitrogens with zero attached hydrogens (tertiary/aromatic N) is 2. The summed E-state index contributed by atoms with van der Waals surface area (Å²) in [5.41, 5.74) is -0.739. The number of hydrogen-bond donors (Lipinski definition) is 1. The maximum absolute atomic E-state index is 14.0. The van der Waals surface area contributed by atoms with Gasteiger partial charge in [0.05, 0.1) is 12.1 Å². The van der Waals surface area contributed by atoms with Gasteiger partial charge in [-0.2, -0.15) is 0 Å². The molecule has 1 amide bonds. The van der Waals surface area contributed by atoms with Crippen LogP contribution in [0.4, 0.5) is 4.39 Å². The van der Waals surface area contributed by atoms with E-state index in [9.17, 15) is 14.3 Å². The molecule has 2 aliphatic heterocycles. The van der Waals surface area contributed by atoms with Gasteiger partial charge < -0.3 is 10.0 Å². The Bertz CT molecular complexity index is 562. The van der Waals surface area contributed by atoms with Crippen molar-refractivity contribution in [2.45, 2.75) is 44.1 Å². The zero-order chi connectivity index (χ0) is 17.0. The fourth-order valence-corrected chi connectivity index (χ4v) is 3.80. The summed E-state index contributed by atoms with van der Waals surface area (Å²) < 4.78 is 14.0. The Kier molecular flexibility index (Phi) is 5.51. The molecule has 4 nitrogen and oxygen atoms in total. The van der Waals surface area contributed by atoms with Crippen LogP contribution in [0.25, 0.3) is 0 Å². The van der Waals surface area contributed by atoms with E-state index in [-0.39, 0.29) is 11.7 Å². The second kappa shape index (κ2) is 7.62. The third-order valence-electron chi connectivity index (χ3n) is 5.38. The average molecular weight is 334 g/mol. The summed E-state index contributed by atoms with van der Waals surface area (Å²) in [6.07, 6.45) is 5.53. The van der Waals surface area contributed by atoms with Gasteiger partial charge in [-0.1, -0.05) is 31.0 Å². The predicted molar refractivity (Wildman–Crippen MR) is 91.0 cm³/mol. The number of piperidine rings is 1. The Labute approximate surface area is 143 Å². The molecule has 0 aromatic heterocycles. The Morgan fingerprint density at radius 3 is 2.29 bits per heavy atom. The number of carbonyl (C=O) groups is 1. The molecule has 0 unspecified atom stereocenters. The molecule has 0 spiro atoms. The molecule has 0 saturated carbocycles. The Hall–Kier alpha value is -1.46. The lowest BCUT2D eigenvalue weighted by Crippen LogP contribution is -2.47. The minimum Gasteiger partial charge on any atom is -0.385 e. The molecule has 2 saturated heterocycles. The summed E-state index contributed by atoms with van der Waals surface area (Å²) in [4.78, 5) is 16.5. The van der Waals surface area contributed by atoms with Gasteiger partial charge in [0.25, 0.3) is 0 Å². The molecular weight excluding hydrogens is 307 g/mol. The Morgan fingerprint density at radius 2 is 1.67 bits per heavy atom. The minimum atomic E-state index is -1.12. The van der Waals surface area contributed by atoms with Crippen LogP contribution in [0, 0.1) is 5.82 Å². The third-order valence-corrected chi connectivity index (χ3v) is 5.38. The molecule has 0 radical (unpaired) electrons. The van der Waals surface area contributed by atoms with Gasteiger partial charge in [-0.3, -0.25) is 9.69 Å². The number of amides is 1. The standard InChI is InChI=1S/C19H27FN2O2/c20-17-8-4-3-7-16(17)19(24)9-13-21(14-10-19)15-18(23)22-11-5-1-2-6-12-22/h3-4,7-8,24H,1-2,5-6,9-15H2. The molecule has 1 aromatic rings. The van der Waals surface area contributed by atoms with Gasteiger partial charge in [-0.15, -0.1) is 0 Å². The summed E-state index contributed by atoms with van der Waals surface area (Å²) in [5, 5.41) is 10.8. The highest BCUT2D eigenvalue weighted by atomic mass is 19.1. The highest BCUT2D eigenvalue weighted by molar-refractivity contribution is 5.78. The van der Waals surface area contributed by atoms with E-state index in [1.54, 1.807) is 18.2 Å². The summed E-state index contributed by atoms with van der Waals surface area (Å²) >= 11 is 0. The van der Waals surface area contributed by atoms with Crippen LogP contribution in [-0.4, -0.2) is 53.5 Å². The van der Waals surface area contributed by atoms with Crippen molar-refractivity contribution in [1.82, 2.24) is 9.80 Å². The number of carbonyl (C=O) groups excluding carboxylic acids is 1. The van der Waals surface area contributed by atoms with Gasteiger partial charge in [0.1, 0.15) is 5.82 Å². The monoisotopic (exact) mass is 334 g/mol. The zero-order valence-electron chi connectivity index (χ0n) is 14.2. The Morgan fingerprint density at radius 1 is 1.04 bits per heavy atom. The normalized spacial score (nSPS) is 22.2. The van der Waals surface area contributed by atoms with Gasteiger partial charge in [0.2, 0.25) is 5.91 Å². The van der Waals surface area contributed by atoms with Crippen LogP contribution in [0.15, 0.2) is 24.3 Å². The van der Waals surface area contributed by atoms with Crippen molar-refractivity contribution in [3.8, 4) is 0 Å². The van der Waals surface area contributed by atoms with Crippen molar-refractivity contribution in [1.29, 1.82) is 0 Å². The maximum atomic E-state index is 14.0. The highest BCUT2D eigenvalue weighted by Crippen LogP contribution is 2.34. The summed E-state index contributed by atoms with van der Waals surface area (Å²) in [7, 11) is 0. The lowest BCUT2D eigenvalue weighted by molar-refractivity contribution is -0.133. The molecule has 0 bridgehead atoms. The second-order valence-electron chi connectivity index (χ2n) is 7.08. The molecule has 132 valence electrons. The van der Waals surface area contributed by atoms with Crippen molar-refractivity contribution >= 4 is 5.91 Å². The summed E-state index contributed by atoms with van der Waals surface area (Å²) in [6, 6.07) is 6.44. The molecule has 1 aromatic carbocycles. The van der Waals surface area contributed by atoms with E-state index >= 15 is 0 Å². The van der Waals surface area contributed by atoms with Gasteiger partial charge >= 0.3 is 0 Å². The smallest absolute Gasteiger partial charge is 0.236 e. The van der Waals surface area contributed by atoms with Crippen LogP contribution >= 0.6 is 0 Å². The molecule has 2 heterocycles. The molecule has 0 atom stereocenters. The number of rotatable bonds is 3. The fourth-order valence-electron chi connectivity index (χ4n) is 3.80. The van der Waals surface area contributed by atoms with Crippen LogP contribution in [0.5, 0.6) is 0 Å². The van der Waals surface area contributed by atoms with Crippen LogP contribution in [0.2, 0.25) is 0 Å². The SMILES string of the molecule is O=C(CN1CCC(O)(c2ccccc2F)CC1)N1CCCCCC1. The van der Waals surface area contributed by atoms with E-state index in [0.29, 0.717) is 38.0 Å². The van der Waals surface area contributed by atoms with Crippen molar-refractivity contribution in [3.05, 3.63) is 35.6 Å². The van der Waals surface area contributed by atoms with Crippen LogP contribution in [-0.2, 0) is 10.4 Å². The summed E-state index contributed by atoms with van der Waals surface area (Å²) in [6.45, 7) is 3.37. The molecule has 24 heavy (non-hydrogen) atoms. The van der Waals surface area contributed by atoms with Crippen LogP contribution < -0.4 is 0 Å². The first-order valence-corrected chi connectivity index (χ1v) is 9.06. The predicted octanol–water partition coefficient (Wildman–Crippen LogP) is 2.51. The molecule has 5 heteroatoms. The van der Waals surface area contributed by atoms with Gasteiger partial charge in [-0.25, -0.2) is 4.39 Å². The van der Waals surface area contributed by atoms with E-state index in [1.165, 1.54) is 18.9 Å². The molecule has 3 rings (SSSR count). The lowest BCUT2D eigenvalue weighted by Gasteiger charge is -2.39. The number of likely N-dealkylation sites (tertiary alicyclic amines) is 2. The lowest BCUT2D eigenvalue weighted by atomic mass is 9.84. The molecule has 1 N–H and O–H groups in total. The highest BCUT2D eigenvalue weighted by Gasteiger charge is 2.36. The van der Waals surface area contributed by atoms with E-state index < -0.39 is 5.60 Å². The van der Waals surface area contributed by atoms with E-state index in [4.69, 9.17) is 0 Å². The van der Waals surface area contributed by atoms with Crippen LogP contribution in [0.3, 0.4) is 0 Å². The van der Waals surface area contributed by atoms with Gasteiger partial charge in [-0.05, 0) is 31.7 Å². The summed E-state index contributed by atoms with van der Waals surface area (Å²) in [5.74, 6) is -0.165. The van der Waals surface area contributed by atoms with Crippen molar-refractivity contribution in [2.75, 3.05) is 32.7 Å². The van der Waals surface area contributed by atoms with Crippen LogP contribution in [0.1, 0.15) is 44.1 Å². The zero-order valence-corrected chi connectivity index (χ0v) is 14.2.